The van der Waals surface area contributed by atoms with Crippen molar-refractivity contribution < 1.29 is 27.0 Å². The van der Waals surface area contributed by atoms with Crippen LogP contribution in [0.25, 0.3) is 0 Å². The molecule has 80 valence electrons. The number of rotatable bonds is 6. The second-order valence-corrected chi connectivity index (χ2v) is 3.40. The number of unbranched alkanes of at least 4 members (excludes halogenated alkanes) is 1. The van der Waals surface area contributed by atoms with Crippen molar-refractivity contribution in [3.8, 4) is 0 Å². The maximum atomic E-state index is 11.0. The van der Waals surface area contributed by atoms with E-state index in [-0.39, 0.29) is 17.1 Å². The van der Waals surface area contributed by atoms with Gasteiger partial charge in [0.05, 0.1) is 5.41 Å². The maximum absolute atomic E-state index is 11.0. The van der Waals surface area contributed by atoms with Crippen molar-refractivity contribution in [2.45, 2.75) is 52.9 Å². The molecule has 0 aliphatic rings. The Morgan fingerprint density at radius 3 is 1.92 bits per heavy atom. The summed E-state index contributed by atoms with van der Waals surface area (Å²) in [6.07, 6.45) is 4.42. The Morgan fingerprint density at radius 1 is 1.23 bits per heavy atom. The normalized spacial score (nSPS) is 10.7. The van der Waals surface area contributed by atoms with E-state index in [1.165, 1.54) is 0 Å². The number of carbonyl (C=O) groups is 1. The van der Waals surface area contributed by atoms with Crippen LogP contribution in [-0.2, 0) is 21.9 Å². The standard InChI is InChI=1S/C10H20O2.Fe/c1-4-7-8-10(5-2,6-3)9(11)12;/h4-8H2,1-3H3,(H,11,12);. The molecule has 0 amide bonds. The number of carboxylic acid groups (broad SMARTS) is 1. The van der Waals surface area contributed by atoms with Gasteiger partial charge in [0, 0.05) is 17.1 Å². The molecule has 0 saturated carbocycles. The molecule has 0 bridgehead atoms. The zero-order valence-corrected chi connectivity index (χ0v) is 9.85. The molecule has 0 rings (SSSR count). The molecular formula is C10H20FeO2. The van der Waals surface area contributed by atoms with Gasteiger partial charge in [-0.15, -0.1) is 0 Å². The fourth-order valence-corrected chi connectivity index (χ4v) is 1.53. The van der Waals surface area contributed by atoms with Gasteiger partial charge in [-0.3, -0.25) is 4.79 Å². The Kier molecular flexibility index (Phi) is 8.80. The van der Waals surface area contributed by atoms with Crippen LogP contribution in [-0.4, -0.2) is 11.1 Å². The van der Waals surface area contributed by atoms with Crippen LogP contribution < -0.4 is 0 Å². The first kappa shape index (κ1) is 15.5. The Balaban J connectivity index is 0. The van der Waals surface area contributed by atoms with Gasteiger partial charge in [-0.1, -0.05) is 33.6 Å². The molecular weight excluding hydrogens is 208 g/mol. The smallest absolute Gasteiger partial charge is 0.309 e. The monoisotopic (exact) mass is 228 g/mol. The van der Waals surface area contributed by atoms with Crippen molar-refractivity contribution in [2.75, 3.05) is 0 Å². The van der Waals surface area contributed by atoms with E-state index in [2.05, 4.69) is 6.92 Å². The number of hydrogen-bond acceptors (Lipinski definition) is 1. The van der Waals surface area contributed by atoms with Crippen molar-refractivity contribution in [3.05, 3.63) is 0 Å². The summed E-state index contributed by atoms with van der Waals surface area (Å²) >= 11 is 0. The molecule has 0 aromatic heterocycles. The minimum Gasteiger partial charge on any atom is -0.481 e. The van der Waals surface area contributed by atoms with Gasteiger partial charge in [0.15, 0.2) is 0 Å². The SMILES string of the molecule is CCCCC(CC)(CC)C(=O)O.[Fe]. The van der Waals surface area contributed by atoms with Gasteiger partial charge in [-0.2, -0.15) is 0 Å². The van der Waals surface area contributed by atoms with Crippen LogP contribution in [0.2, 0.25) is 0 Å². The van der Waals surface area contributed by atoms with E-state index in [0.29, 0.717) is 0 Å². The van der Waals surface area contributed by atoms with E-state index in [0.717, 1.165) is 32.1 Å². The topological polar surface area (TPSA) is 37.3 Å². The molecule has 13 heavy (non-hydrogen) atoms. The van der Waals surface area contributed by atoms with Crippen molar-refractivity contribution in [1.29, 1.82) is 0 Å². The predicted molar refractivity (Wildman–Crippen MR) is 50.2 cm³/mol. The average Bonchev–Trinajstić information content (AvgIpc) is 2.07. The van der Waals surface area contributed by atoms with E-state index in [9.17, 15) is 4.79 Å². The second-order valence-electron chi connectivity index (χ2n) is 3.40. The van der Waals surface area contributed by atoms with Crippen molar-refractivity contribution in [3.63, 3.8) is 0 Å². The van der Waals surface area contributed by atoms with Crippen molar-refractivity contribution in [2.24, 2.45) is 5.41 Å². The third-order valence-corrected chi connectivity index (χ3v) is 2.82. The van der Waals surface area contributed by atoms with Crippen LogP contribution in [0, 0.1) is 5.41 Å². The zero-order valence-electron chi connectivity index (χ0n) is 8.74. The van der Waals surface area contributed by atoms with Crippen LogP contribution in [0.15, 0.2) is 0 Å². The van der Waals surface area contributed by atoms with Crippen molar-refractivity contribution in [1.82, 2.24) is 0 Å². The molecule has 0 aromatic carbocycles. The van der Waals surface area contributed by atoms with Crippen LogP contribution in [0.4, 0.5) is 0 Å². The molecule has 3 heteroatoms. The summed E-state index contributed by atoms with van der Waals surface area (Å²) in [6, 6.07) is 0. The molecule has 0 atom stereocenters. The molecule has 0 heterocycles. The summed E-state index contributed by atoms with van der Waals surface area (Å²) < 4.78 is 0. The van der Waals surface area contributed by atoms with Gasteiger partial charge < -0.3 is 5.11 Å². The minimum absolute atomic E-state index is 0. The summed E-state index contributed by atoms with van der Waals surface area (Å²) in [5.41, 5.74) is -0.448. The number of hydrogen-bond donors (Lipinski definition) is 1. The molecule has 0 aromatic rings. The number of carboxylic acids is 1. The van der Waals surface area contributed by atoms with Gasteiger partial charge in [0.1, 0.15) is 0 Å². The quantitative estimate of drug-likeness (QED) is 0.709. The molecule has 0 spiro atoms. The summed E-state index contributed by atoms with van der Waals surface area (Å²) in [7, 11) is 0. The minimum atomic E-state index is -0.624. The van der Waals surface area contributed by atoms with E-state index in [4.69, 9.17) is 5.11 Å². The van der Waals surface area contributed by atoms with Gasteiger partial charge >= 0.3 is 5.97 Å². The molecule has 0 saturated heterocycles. The van der Waals surface area contributed by atoms with E-state index < -0.39 is 11.4 Å². The van der Waals surface area contributed by atoms with Crippen LogP contribution in [0.3, 0.4) is 0 Å². The van der Waals surface area contributed by atoms with Crippen LogP contribution in [0.1, 0.15) is 52.9 Å². The summed E-state index contributed by atoms with van der Waals surface area (Å²) in [5, 5.41) is 9.05. The average molecular weight is 228 g/mol. The number of aliphatic carboxylic acids is 1. The molecule has 2 nitrogen and oxygen atoms in total. The fraction of sp³-hybridized carbons (Fsp3) is 0.900. The fourth-order valence-electron chi connectivity index (χ4n) is 1.53. The van der Waals surface area contributed by atoms with E-state index in [1.54, 1.807) is 0 Å². The molecule has 0 aliphatic carbocycles. The third kappa shape index (κ3) is 4.15. The van der Waals surface area contributed by atoms with Crippen molar-refractivity contribution >= 4 is 5.97 Å². The molecule has 1 N–H and O–H groups in total. The maximum Gasteiger partial charge on any atom is 0.309 e. The predicted octanol–water partition coefficient (Wildman–Crippen LogP) is 3.07. The van der Waals surface area contributed by atoms with Gasteiger partial charge in [0.2, 0.25) is 0 Å². The molecule has 0 fully saturated rings. The first-order chi connectivity index (χ1) is 5.63. The summed E-state index contributed by atoms with van der Waals surface area (Å²) in [6.45, 7) is 6.03. The Bertz CT molecular complexity index is 142. The van der Waals surface area contributed by atoms with Gasteiger partial charge in [-0.05, 0) is 19.3 Å². The van der Waals surface area contributed by atoms with Crippen LogP contribution in [0.5, 0.6) is 0 Å². The first-order valence-electron chi connectivity index (χ1n) is 4.86. The van der Waals surface area contributed by atoms with Crippen LogP contribution >= 0.6 is 0 Å². The summed E-state index contributed by atoms with van der Waals surface area (Å²) in [4.78, 5) is 11.0. The van der Waals surface area contributed by atoms with Gasteiger partial charge in [0.25, 0.3) is 0 Å². The van der Waals surface area contributed by atoms with E-state index in [1.807, 2.05) is 13.8 Å². The third-order valence-electron chi connectivity index (χ3n) is 2.82. The largest absolute Gasteiger partial charge is 0.481 e. The molecule has 0 unspecified atom stereocenters. The van der Waals surface area contributed by atoms with E-state index >= 15 is 0 Å². The molecule has 0 aliphatic heterocycles. The Hall–Kier alpha value is -0.0105. The first-order valence-corrected chi connectivity index (χ1v) is 4.86. The zero-order chi connectivity index (χ0) is 9.61. The second kappa shape index (κ2) is 7.40. The van der Waals surface area contributed by atoms with Gasteiger partial charge in [-0.25, -0.2) is 0 Å². The Morgan fingerprint density at radius 2 is 1.69 bits per heavy atom. The molecule has 0 radical (unpaired) electrons. The Labute approximate surface area is 91.6 Å². The summed E-state index contributed by atoms with van der Waals surface area (Å²) in [5.74, 6) is -0.624.